The van der Waals surface area contributed by atoms with Crippen LogP contribution in [-0.2, 0) is 17.8 Å². The van der Waals surface area contributed by atoms with Crippen LogP contribution >= 0.6 is 0 Å². The summed E-state index contributed by atoms with van der Waals surface area (Å²) in [5, 5.41) is 11.1. The van der Waals surface area contributed by atoms with Crippen molar-refractivity contribution in [2.75, 3.05) is 12.4 Å². The molecule has 0 aliphatic rings. The van der Waals surface area contributed by atoms with Crippen LogP contribution in [0.3, 0.4) is 0 Å². The summed E-state index contributed by atoms with van der Waals surface area (Å²) in [6, 6.07) is 5.77. The van der Waals surface area contributed by atoms with E-state index in [4.69, 9.17) is 9.26 Å². The minimum absolute atomic E-state index is 0.102. The Bertz CT molecular complexity index is 907. The van der Waals surface area contributed by atoms with Crippen LogP contribution in [0, 0.1) is 20.8 Å². The molecule has 7 heteroatoms. The van der Waals surface area contributed by atoms with Crippen molar-refractivity contribution in [3.8, 4) is 5.75 Å². The molecule has 0 radical (unpaired) electrons. The second-order valence-corrected chi connectivity index (χ2v) is 6.31. The number of ether oxygens (including phenoxy) is 1. The van der Waals surface area contributed by atoms with Crippen LogP contribution in [-0.4, -0.2) is 28.0 Å². The fourth-order valence-corrected chi connectivity index (χ4v) is 2.84. The average molecular weight is 354 g/mol. The first-order valence-electron chi connectivity index (χ1n) is 8.33. The van der Waals surface area contributed by atoms with Gasteiger partial charge in [0.25, 0.3) is 0 Å². The van der Waals surface area contributed by atoms with Crippen molar-refractivity contribution < 1.29 is 14.1 Å². The van der Waals surface area contributed by atoms with E-state index in [0.29, 0.717) is 12.2 Å². The molecule has 3 aromatic rings. The maximum atomic E-state index is 12.3. The highest BCUT2D eigenvalue weighted by molar-refractivity contribution is 5.92. The van der Waals surface area contributed by atoms with E-state index in [1.54, 1.807) is 24.2 Å². The molecular weight excluding hydrogens is 332 g/mol. The molecule has 3 rings (SSSR count). The standard InChI is InChI=1S/C19H22N4O3/c1-12-5-15(7-17(6-12)25-4)8-19(24)21-16-9-20-23(10-16)11-18-13(2)22-26-14(18)3/h5-7,9-10H,8,11H2,1-4H3,(H,21,24). The minimum atomic E-state index is -0.102. The number of hydrogen-bond donors (Lipinski definition) is 1. The number of methoxy groups -OCH3 is 1. The normalized spacial score (nSPS) is 10.8. The summed E-state index contributed by atoms with van der Waals surface area (Å²) in [7, 11) is 1.62. The molecule has 0 aliphatic carbocycles. The highest BCUT2D eigenvalue weighted by Crippen LogP contribution is 2.18. The monoisotopic (exact) mass is 354 g/mol. The van der Waals surface area contributed by atoms with Crippen molar-refractivity contribution in [3.63, 3.8) is 0 Å². The lowest BCUT2D eigenvalue weighted by molar-refractivity contribution is -0.115. The molecule has 0 fully saturated rings. The van der Waals surface area contributed by atoms with E-state index in [2.05, 4.69) is 15.6 Å². The van der Waals surface area contributed by atoms with Crippen molar-refractivity contribution in [2.24, 2.45) is 0 Å². The molecule has 0 atom stereocenters. The van der Waals surface area contributed by atoms with Crippen LogP contribution in [0.2, 0.25) is 0 Å². The fourth-order valence-electron chi connectivity index (χ4n) is 2.84. The van der Waals surface area contributed by atoms with Crippen LogP contribution in [0.1, 0.15) is 28.1 Å². The number of rotatable bonds is 6. The average Bonchev–Trinajstić information content (AvgIpc) is 3.15. The first-order valence-corrected chi connectivity index (χ1v) is 8.33. The van der Waals surface area contributed by atoms with Gasteiger partial charge in [0.2, 0.25) is 5.91 Å². The van der Waals surface area contributed by atoms with Crippen LogP contribution in [0.15, 0.2) is 35.1 Å². The molecule has 0 spiro atoms. The molecule has 0 bridgehead atoms. The smallest absolute Gasteiger partial charge is 0.228 e. The Hall–Kier alpha value is -3.09. The zero-order valence-corrected chi connectivity index (χ0v) is 15.4. The summed E-state index contributed by atoms with van der Waals surface area (Å²) in [6.45, 7) is 6.29. The van der Waals surface area contributed by atoms with Gasteiger partial charge in [-0.3, -0.25) is 9.48 Å². The Balaban J connectivity index is 1.64. The quantitative estimate of drug-likeness (QED) is 0.736. The van der Waals surface area contributed by atoms with E-state index in [9.17, 15) is 4.79 Å². The number of nitrogens with one attached hydrogen (secondary N) is 1. The molecule has 136 valence electrons. The second kappa shape index (κ2) is 7.43. The highest BCUT2D eigenvalue weighted by Gasteiger charge is 2.12. The number of benzene rings is 1. The SMILES string of the molecule is COc1cc(C)cc(CC(=O)Nc2cnn(Cc3c(C)noc3C)c2)c1. The van der Waals surface area contributed by atoms with Crippen LogP contribution in [0.25, 0.3) is 0 Å². The van der Waals surface area contributed by atoms with Crippen molar-refractivity contribution in [1.82, 2.24) is 14.9 Å². The van der Waals surface area contributed by atoms with Gasteiger partial charge in [-0.2, -0.15) is 5.10 Å². The van der Waals surface area contributed by atoms with Crippen molar-refractivity contribution in [1.29, 1.82) is 0 Å². The van der Waals surface area contributed by atoms with Crippen molar-refractivity contribution >= 4 is 11.6 Å². The molecule has 0 unspecified atom stereocenters. The first kappa shape index (κ1) is 17.7. The largest absolute Gasteiger partial charge is 0.497 e. The van der Waals surface area contributed by atoms with Gasteiger partial charge in [-0.05, 0) is 44.0 Å². The predicted octanol–water partition coefficient (Wildman–Crippen LogP) is 3.03. The molecule has 2 aromatic heterocycles. The summed E-state index contributed by atoms with van der Waals surface area (Å²) < 4.78 is 12.2. The lowest BCUT2D eigenvalue weighted by Crippen LogP contribution is -2.14. The van der Waals surface area contributed by atoms with Crippen LogP contribution < -0.4 is 10.1 Å². The highest BCUT2D eigenvalue weighted by atomic mass is 16.5. The van der Waals surface area contributed by atoms with Gasteiger partial charge >= 0.3 is 0 Å². The topological polar surface area (TPSA) is 82.2 Å². The van der Waals surface area contributed by atoms with Crippen molar-refractivity contribution in [3.05, 3.63) is 58.7 Å². The summed E-state index contributed by atoms with van der Waals surface area (Å²) >= 11 is 0. The van der Waals surface area contributed by atoms with Crippen LogP contribution in [0.5, 0.6) is 5.75 Å². The summed E-state index contributed by atoms with van der Waals surface area (Å²) in [4.78, 5) is 12.3. The summed E-state index contributed by atoms with van der Waals surface area (Å²) in [5.41, 5.74) is 4.46. The third-order valence-electron chi connectivity index (χ3n) is 4.13. The number of aryl methyl sites for hydroxylation is 3. The molecule has 1 aromatic carbocycles. The Kier molecular flexibility index (Phi) is 5.06. The van der Waals surface area contributed by atoms with Crippen molar-refractivity contribution in [2.45, 2.75) is 33.7 Å². The number of carbonyl (C=O) groups excluding carboxylic acids is 1. The number of amides is 1. The van der Waals surface area contributed by atoms with Gasteiger partial charge in [0.05, 0.1) is 37.7 Å². The van der Waals surface area contributed by atoms with E-state index in [1.165, 1.54) is 0 Å². The number of anilines is 1. The molecule has 0 saturated heterocycles. The molecule has 2 heterocycles. The van der Waals surface area contributed by atoms with Gasteiger partial charge in [0.15, 0.2) is 0 Å². The summed E-state index contributed by atoms with van der Waals surface area (Å²) in [5.74, 6) is 1.42. The van der Waals surface area contributed by atoms with Crippen LogP contribution in [0.4, 0.5) is 5.69 Å². The van der Waals surface area contributed by atoms with Gasteiger partial charge in [-0.15, -0.1) is 0 Å². The zero-order valence-electron chi connectivity index (χ0n) is 15.4. The molecular formula is C19H22N4O3. The molecule has 0 saturated carbocycles. The van der Waals surface area contributed by atoms with Gasteiger partial charge in [-0.25, -0.2) is 0 Å². The number of carbonyl (C=O) groups is 1. The minimum Gasteiger partial charge on any atom is -0.497 e. The molecule has 0 aliphatic heterocycles. The Morgan fingerprint density at radius 3 is 2.77 bits per heavy atom. The third-order valence-corrected chi connectivity index (χ3v) is 4.13. The molecule has 1 amide bonds. The zero-order chi connectivity index (χ0) is 18.7. The number of hydrogen-bond acceptors (Lipinski definition) is 5. The third kappa shape index (κ3) is 4.11. The predicted molar refractivity (Wildman–Crippen MR) is 97.4 cm³/mol. The molecule has 7 nitrogen and oxygen atoms in total. The Morgan fingerprint density at radius 1 is 1.27 bits per heavy atom. The maximum absolute atomic E-state index is 12.3. The Labute approximate surface area is 151 Å². The number of nitrogens with zero attached hydrogens (tertiary/aromatic N) is 3. The summed E-state index contributed by atoms with van der Waals surface area (Å²) in [6.07, 6.45) is 3.70. The van der Waals surface area contributed by atoms with Gasteiger partial charge in [0.1, 0.15) is 11.5 Å². The van der Waals surface area contributed by atoms with E-state index < -0.39 is 0 Å². The molecule has 1 N–H and O–H groups in total. The number of aromatic nitrogens is 3. The lowest BCUT2D eigenvalue weighted by Gasteiger charge is -2.07. The van der Waals surface area contributed by atoms with E-state index >= 15 is 0 Å². The maximum Gasteiger partial charge on any atom is 0.228 e. The van der Waals surface area contributed by atoms with Gasteiger partial charge in [-0.1, -0.05) is 11.2 Å². The first-order chi connectivity index (χ1) is 12.4. The fraction of sp³-hybridized carbons (Fsp3) is 0.316. The van der Waals surface area contributed by atoms with Gasteiger partial charge in [0, 0.05) is 11.8 Å². The Morgan fingerprint density at radius 2 is 2.08 bits per heavy atom. The van der Waals surface area contributed by atoms with Gasteiger partial charge < -0.3 is 14.6 Å². The molecule has 26 heavy (non-hydrogen) atoms. The van der Waals surface area contributed by atoms with E-state index in [1.807, 2.05) is 39.0 Å². The van der Waals surface area contributed by atoms with E-state index in [-0.39, 0.29) is 12.3 Å². The van der Waals surface area contributed by atoms with E-state index in [0.717, 1.165) is 33.9 Å². The lowest BCUT2D eigenvalue weighted by atomic mass is 10.1. The second-order valence-electron chi connectivity index (χ2n) is 6.31.